The highest BCUT2D eigenvalue weighted by Crippen LogP contribution is 2.08. The molecule has 0 spiro atoms. The molecule has 1 aromatic carbocycles. The Morgan fingerprint density at radius 3 is 2.81 bits per heavy atom. The van der Waals surface area contributed by atoms with Crippen molar-refractivity contribution in [2.45, 2.75) is 27.0 Å². The average molecular weight is 304 g/mol. The van der Waals surface area contributed by atoms with E-state index in [0.29, 0.717) is 19.7 Å². The number of carbonyl (C=O) groups excluding carboxylic acids is 1. The zero-order chi connectivity index (χ0) is 15.1. The monoisotopic (exact) mass is 304 g/mol. The normalized spacial score (nSPS) is 12.1. The van der Waals surface area contributed by atoms with Crippen LogP contribution < -0.4 is 5.32 Å². The van der Waals surface area contributed by atoms with Crippen LogP contribution in [0.2, 0.25) is 0 Å². The molecule has 1 aromatic heterocycles. The van der Waals surface area contributed by atoms with Crippen LogP contribution in [-0.2, 0) is 22.7 Å². The maximum Gasteiger partial charge on any atom is 0.310 e. The van der Waals surface area contributed by atoms with Crippen LogP contribution in [0.3, 0.4) is 0 Å². The van der Waals surface area contributed by atoms with Gasteiger partial charge in [-0.3, -0.25) is 4.79 Å². The van der Waals surface area contributed by atoms with Gasteiger partial charge in [-0.2, -0.15) is 0 Å². The SMILES string of the molecule is Cc1csc(CNCC(C)C(=O)OCc2ccccc2)n1. The second-order valence-electron chi connectivity index (χ2n) is 5.01. The van der Waals surface area contributed by atoms with Gasteiger partial charge in [-0.15, -0.1) is 11.3 Å². The highest BCUT2D eigenvalue weighted by molar-refractivity contribution is 7.09. The lowest BCUT2D eigenvalue weighted by Gasteiger charge is -2.12. The zero-order valence-corrected chi connectivity index (χ0v) is 13.2. The molecule has 1 N–H and O–H groups in total. The molecule has 0 saturated carbocycles. The lowest BCUT2D eigenvalue weighted by Crippen LogP contribution is -2.27. The molecule has 0 aliphatic heterocycles. The van der Waals surface area contributed by atoms with Crippen molar-refractivity contribution in [1.82, 2.24) is 10.3 Å². The molecule has 0 aliphatic rings. The minimum absolute atomic E-state index is 0.172. The van der Waals surface area contributed by atoms with Gasteiger partial charge >= 0.3 is 5.97 Å². The molecule has 0 amide bonds. The summed E-state index contributed by atoms with van der Waals surface area (Å²) in [5.41, 5.74) is 2.04. The van der Waals surface area contributed by atoms with E-state index in [1.54, 1.807) is 11.3 Å². The van der Waals surface area contributed by atoms with Gasteiger partial charge in [0.2, 0.25) is 0 Å². The Hall–Kier alpha value is -1.72. The van der Waals surface area contributed by atoms with Crippen LogP contribution in [0, 0.1) is 12.8 Å². The van der Waals surface area contributed by atoms with E-state index in [4.69, 9.17) is 4.74 Å². The summed E-state index contributed by atoms with van der Waals surface area (Å²) in [6.07, 6.45) is 0. The molecule has 1 atom stereocenters. The van der Waals surface area contributed by atoms with Crippen molar-refractivity contribution in [3.05, 3.63) is 52.0 Å². The zero-order valence-electron chi connectivity index (χ0n) is 12.3. The molecule has 2 rings (SSSR count). The smallest absolute Gasteiger partial charge is 0.310 e. The van der Waals surface area contributed by atoms with Crippen molar-refractivity contribution in [3.8, 4) is 0 Å². The first-order valence-electron chi connectivity index (χ1n) is 6.97. The van der Waals surface area contributed by atoms with Crippen LogP contribution >= 0.6 is 11.3 Å². The van der Waals surface area contributed by atoms with Gasteiger partial charge in [0.15, 0.2) is 0 Å². The third kappa shape index (κ3) is 5.28. The largest absolute Gasteiger partial charge is 0.461 e. The molecule has 0 bridgehead atoms. The van der Waals surface area contributed by atoms with Gasteiger partial charge in [0, 0.05) is 24.2 Å². The molecule has 0 saturated heterocycles. The second kappa shape index (κ2) is 7.90. The summed E-state index contributed by atoms with van der Waals surface area (Å²) in [5, 5.41) is 6.30. The Bertz CT molecular complexity index is 569. The van der Waals surface area contributed by atoms with Crippen molar-refractivity contribution in [1.29, 1.82) is 0 Å². The van der Waals surface area contributed by atoms with E-state index in [0.717, 1.165) is 16.3 Å². The van der Waals surface area contributed by atoms with Gasteiger partial charge < -0.3 is 10.1 Å². The van der Waals surface area contributed by atoms with Crippen LogP contribution in [0.1, 0.15) is 23.2 Å². The Morgan fingerprint density at radius 1 is 1.38 bits per heavy atom. The van der Waals surface area contributed by atoms with Crippen LogP contribution in [0.4, 0.5) is 0 Å². The lowest BCUT2D eigenvalue weighted by atomic mass is 10.2. The first kappa shape index (κ1) is 15.7. The summed E-state index contributed by atoms with van der Waals surface area (Å²) in [6, 6.07) is 9.70. The van der Waals surface area contributed by atoms with Crippen molar-refractivity contribution >= 4 is 17.3 Å². The number of benzene rings is 1. The standard InChI is InChI=1S/C16H20N2O2S/c1-12(8-17-9-15-18-13(2)11-21-15)16(19)20-10-14-6-4-3-5-7-14/h3-7,11-12,17H,8-10H2,1-2H3. The maximum atomic E-state index is 11.9. The number of hydrogen-bond acceptors (Lipinski definition) is 5. The molecule has 112 valence electrons. The van der Waals surface area contributed by atoms with Gasteiger partial charge in [0.25, 0.3) is 0 Å². The molecular formula is C16H20N2O2S. The predicted molar refractivity (Wildman–Crippen MR) is 84.0 cm³/mol. The number of carbonyl (C=O) groups is 1. The molecule has 4 nitrogen and oxygen atoms in total. The number of nitrogens with zero attached hydrogens (tertiary/aromatic N) is 1. The minimum atomic E-state index is -0.179. The number of nitrogens with one attached hydrogen (secondary N) is 1. The summed E-state index contributed by atoms with van der Waals surface area (Å²) in [6.45, 7) is 5.45. The summed E-state index contributed by atoms with van der Waals surface area (Å²) >= 11 is 1.63. The van der Waals surface area contributed by atoms with Crippen molar-refractivity contribution in [2.24, 2.45) is 5.92 Å². The Kier molecular flexibility index (Phi) is 5.90. The number of rotatable bonds is 7. The van der Waals surface area contributed by atoms with E-state index in [2.05, 4.69) is 10.3 Å². The molecule has 0 fully saturated rings. The number of aryl methyl sites for hydroxylation is 1. The number of esters is 1. The van der Waals surface area contributed by atoms with E-state index in [1.165, 1.54) is 0 Å². The molecule has 5 heteroatoms. The van der Waals surface area contributed by atoms with E-state index >= 15 is 0 Å². The van der Waals surface area contributed by atoms with Crippen LogP contribution in [0.5, 0.6) is 0 Å². The fraction of sp³-hybridized carbons (Fsp3) is 0.375. The van der Waals surface area contributed by atoms with Gasteiger partial charge in [-0.05, 0) is 12.5 Å². The summed E-state index contributed by atoms with van der Waals surface area (Å²) < 4.78 is 5.30. The maximum absolute atomic E-state index is 11.9. The van der Waals surface area contributed by atoms with E-state index in [-0.39, 0.29) is 11.9 Å². The summed E-state index contributed by atoms with van der Waals surface area (Å²) in [4.78, 5) is 16.3. The topological polar surface area (TPSA) is 51.2 Å². The van der Waals surface area contributed by atoms with Gasteiger partial charge in [0.05, 0.1) is 5.92 Å². The third-order valence-electron chi connectivity index (χ3n) is 3.02. The fourth-order valence-electron chi connectivity index (χ4n) is 1.83. The van der Waals surface area contributed by atoms with Crippen LogP contribution in [-0.4, -0.2) is 17.5 Å². The first-order valence-corrected chi connectivity index (χ1v) is 7.85. The van der Waals surface area contributed by atoms with E-state index in [1.807, 2.05) is 49.6 Å². The highest BCUT2D eigenvalue weighted by atomic mass is 32.1. The van der Waals surface area contributed by atoms with Crippen LogP contribution in [0.15, 0.2) is 35.7 Å². The lowest BCUT2D eigenvalue weighted by molar-refractivity contribution is -0.149. The molecule has 1 unspecified atom stereocenters. The van der Waals surface area contributed by atoms with Crippen molar-refractivity contribution < 1.29 is 9.53 Å². The minimum Gasteiger partial charge on any atom is -0.461 e. The fourth-order valence-corrected chi connectivity index (χ4v) is 2.58. The first-order chi connectivity index (χ1) is 10.1. The number of ether oxygens (including phenoxy) is 1. The molecular weight excluding hydrogens is 284 g/mol. The third-order valence-corrected chi connectivity index (χ3v) is 3.99. The summed E-state index contributed by atoms with van der Waals surface area (Å²) in [7, 11) is 0. The molecule has 1 heterocycles. The van der Waals surface area contributed by atoms with Crippen molar-refractivity contribution in [2.75, 3.05) is 6.54 Å². The molecule has 0 radical (unpaired) electrons. The van der Waals surface area contributed by atoms with Crippen molar-refractivity contribution in [3.63, 3.8) is 0 Å². The average Bonchev–Trinajstić information content (AvgIpc) is 2.91. The molecule has 21 heavy (non-hydrogen) atoms. The van der Waals surface area contributed by atoms with Gasteiger partial charge in [0.1, 0.15) is 11.6 Å². The van der Waals surface area contributed by atoms with E-state index in [9.17, 15) is 4.79 Å². The second-order valence-corrected chi connectivity index (χ2v) is 5.95. The number of hydrogen-bond donors (Lipinski definition) is 1. The molecule has 0 aliphatic carbocycles. The Labute approximate surface area is 129 Å². The Balaban J connectivity index is 1.67. The predicted octanol–water partition coefficient (Wildman–Crippen LogP) is 2.92. The molecule has 2 aromatic rings. The Morgan fingerprint density at radius 2 is 2.14 bits per heavy atom. The van der Waals surface area contributed by atoms with Gasteiger partial charge in [-0.25, -0.2) is 4.98 Å². The van der Waals surface area contributed by atoms with Gasteiger partial charge in [-0.1, -0.05) is 37.3 Å². The quantitative estimate of drug-likeness (QED) is 0.799. The van der Waals surface area contributed by atoms with Crippen LogP contribution in [0.25, 0.3) is 0 Å². The highest BCUT2D eigenvalue weighted by Gasteiger charge is 2.14. The number of aromatic nitrogens is 1. The van der Waals surface area contributed by atoms with E-state index < -0.39 is 0 Å². The summed E-state index contributed by atoms with van der Waals surface area (Å²) in [5.74, 6) is -0.351. The number of thiazole rings is 1.